The molecule has 35 heavy (non-hydrogen) atoms. The highest BCUT2D eigenvalue weighted by molar-refractivity contribution is 6.31. The fourth-order valence-corrected chi connectivity index (χ4v) is 8.12. The molecule has 1 N–H and O–H groups in total. The monoisotopic (exact) mass is 498 g/mol. The third-order valence-corrected chi connectivity index (χ3v) is 8.59. The second-order valence-electron chi connectivity index (χ2n) is 11.8. The highest BCUT2D eigenvalue weighted by Gasteiger charge is 2.59. The van der Waals surface area contributed by atoms with Crippen LogP contribution in [-0.2, 0) is 13.2 Å². The summed E-state index contributed by atoms with van der Waals surface area (Å²) in [6.45, 7) is 8.43. The van der Waals surface area contributed by atoms with Crippen molar-refractivity contribution in [1.82, 2.24) is 5.32 Å². The van der Waals surface area contributed by atoms with E-state index in [9.17, 15) is 10.1 Å². The quantitative estimate of drug-likeness (QED) is 0.296. The van der Waals surface area contributed by atoms with Crippen molar-refractivity contribution >= 4 is 17.3 Å². The molecule has 2 atom stereocenters. The first-order chi connectivity index (χ1) is 16.6. The van der Waals surface area contributed by atoms with Crippen molar-refractivity contribution in [3.8, 4) is 11.5 Å². The maximum absolute atomic E-state index is 10.9. The van der Waals surface area contributed by atoms with Gasteiger partial charge in [0.25, 0.3) is 5.69 Å². The van der Waals surface area contributed by atoms with Gasteiger partial charge in [-0.2, -0.15) is 0 Å². The van der Waals surface area contributed by atoms with E-state index in [4.69, 9.17) is 21.1 Å². The van der Waals surface area contributed by atoms with Gasteiger partial charge in [-0.1, -0.05) is 25.4 Å². The minimum Gasteiger partial charge on any atom is -0.490 e. The van der Waals surface area contributed by atoms with Crippen molar-refractivity contribution in [2.45, 2.75) is 78.0 Å². The van der Waals surface area contributed by atoms with Crippen molar-refractivity contribution in [3.05, 3.63) is 62.7 Å². The number of non-ortho nitro benzene ring substituents is 1. The number of benzene rings is 2. The van der Waals surface area contributed by atoms with Crippen LogP contribution in [0.2, 0.25) is 5.02 Å². The van der Waals surface area contributed by atoms with Crippen molar-refractivity contribution < 1.29 is 14.4 Å². The summed E-state index contributed by atoms with van der Waals surface area (Å²) < 4.78 is 11.9. The molecule has 0 heterocycles. The van der Waals surface area contributed by atoms with Gasteiger partial charge >= 0.3 is 0 Å². The maximum Gasteiger partial charge on any atom is 0.269 e. The minimum absolute atomic E-state index is 0.0608. The molecule has 7 heteroatoms. The van der Waals surface area contributed by atoms with Crippen LogP contribution in [0.1, 0.15) is 70.4 Å². The normalized spacial score (nSPS) is 30.9. The number of nitro benzene ring substituents is 1. The van der Waals surface area contributed by atoms with Gasteiger partial charge in [0.15, 0.2) is 11.5 Å². The van der Waals surface area contributed by atoms with E-state index >= 15 is 0 Å². The third kappa shape index (κ3) is 5.01. The Morgan fingerprint density at radius 2 is 1.69 bits per heavy atom. The van der Waals surface area contributed by atoms with E-state index in [0.717, 1.165) is 17.0 Å². The fourth-order valence-electron chi connectivity index (χ4n) is 7.90. The number of ether oxygens (including phenoxy) is 2. The predicted octanol–water partition coefficient (Wildman–Crippen LogP) is 7.06. The number of halogens is 1. The molecule has 4 saturated carbocycles. The van der Waals surface area contributed by atoms with Crippen molar-refractivity contribution in [3.63, 3.8) is 0 Å². The number of nitrogens with one attached hydrogen (secondary N) is 1. The molecule has 4 fully saturated rings. The van der Waals surface area contributed by atoms with Crippen LogP contribution in [0.3, 0.4) is 0 Å². The number of nitro groups is 1. The van der Waals surface area contributed by atoms with E-state index in [2.05, 4.69) is 19.2 Å². The molecule has 4 aliphatic carbocycles. The highest BCUT2D eigenvalue weighted by atomic mass is 35.5. The Bertz CT molecular complexity index is 1100. The number of nitrogens with zero attached hydrogens (tertiary/aromatic N) is 1. The smallest absolute Gasteiger partial charge is 0.269 e. The summed E-state index contributed by atoms with van der Waals surface area (Å²) in [5.74, 6) is 2.08. The molecule has 0 aromatic heterocycles. The first-order valence-electron chi connectivity index (χ1n) is 12.7. The van der Waals surface area contributed by atoms with E-state index < -0.39 is 4.92 Å². The molecule has 6 rings (SSSR count). The molecule has 0 amide bonds. The van der Waals surface area contributed by atoms with Crippen LogP contribution >= 0.6 is 11.6 Å². The SMILES string of the molecule is CCOc1cc(CNC23CC4CC(C)(CC(C)(C4)C2)C3)c(Cl)cc1OCc1ccc([N+](=O)[O-])cc1. The summed E-state index contributed by atoms with van der Waals surface area (Å²) in [7, 11) is 0. The summed E-state index contributed by atoms with van der Waals surface area (Å²) in [6, 6.07) is 10.2. The molecule has 4 aliphatic rings. The first kappa shape index (κ1) is 24.4. The van der Waals surface area contributed by atoms with Gasteiger partial charge < -0.3 is 14.8 Å². The van der Waals surface area contributed by atoms with Crippen LogP contribution in [0, 0.1) is 26.9 Å². The van der Waals surface area contributed by atoms with E-state index in [1.165, 1.54) is 50.7 Å². The van der Waals surface area contributed by atoms with Crippen LogP contribution in [0.4, 0.5) is 5.69 Å². The Kier molecular flexibility index (Phi) is 6.25. The molecule has 6 nitrogen and oxygen atoms in total. The van der Waals surface area contributed by atoms with Gasteiger partial charge in [-0.05, 0) is 91.5 Å². The Balaban J connectivity index is 1.30. The van der Waals surface area contributed by atoms with E-state index in [0.29, 0.717) is 40.5 Å². The molecule has 2 aromatic rings. The highest BCUT2D eigenvalue weighted by Crippen LogP contribution is 2.66. The van der Waals surface area contributed by atoms with Crippen molar-refractivity contribution in [2.24, 2.45) is 16.7 Å². The summed E-state index contributed by atoms with van der Waals surface area (Å²) in [6.07, 6.45) is 7.88. The fraction of sp³-hybridized carbons (Fsp3) is 0.571. The molecule has 0 spiro atoms. The lowest BCUT2D eigenvalue weighted by Gasteiger charge is -2.65. The van der Waals surface area contributed by atoms with Crippen LogP contribution < -0.4 is 14.8 Å². The lowest BCUT2D eigenvalue weighted by Crippen LogP contribution is -2.63. The minimum atomic E-state index is -0.408. The number of hydrogen-bond acceptors (Lipinski definition) is 5. The lowest BCUT2D eigenvalue weighted by atomic mass is 9.43. The average Bonchev–Trinajstić information content (AvgIpc) is 2.76. The van der Waals surface area contributed by atoms with Gasteiger partial charge in [0.05, 0.1) is 11.5 Å². The number of hydrogen-bond donors (Lipinski definition) is 1. The molecule has 0 saturated heterocycles. The van der Waals surface area contributed by atoms with E-state index in [-0.39, 0.29) is 17.8 Å². The summed E-state index contributed by atoms with van der Waals surface area (Å²) >= 11 is 6.73. The van der Waals surface area contributed by atoms with Crippen LogP contribution in [0.15, 0.2) is 36.4 Å². The third-order valence-electron chi connectivity index (χ3n) is 8.23. The van der Waals surface area contributed by atoms with Gasteiger partial charge in [0, 0.05) is 35.3 Å². The molecule has 2 aromatic carbocycles. The molecular formula is C28H35ClN2O4. The molecule has 4 bridgehead atoms. The van der Waals surface area contributed by atoms with Crippen LogP contribution in [0.25, 0.3) is 0 Å². The lowest BCUT2D eigenvalue weighted by molar-refractivity contribution is -0.384. The Labute approximate surface area is 212 Å². The van der Waals surface area contributed by atoms with Crippen LogP contribution in [0.5, 0.6) is 11.5 Å². The second-order valence-corrected chi connectivity index (χ2v) is 12.2. The maximum atomic E-state index is 10.9. The number of rotatable bonds is 9. The zero-order valence-corrected chi connectivity index (χ0v) is 21.6. The topological polar surface area (TPSA) is 73.6 Å². The molecule has 0 radical (unpaired) electrons. The largest absolute Gasteiger partial charge is 0.490 e. The van der Waals surface area contributed by atoms with Gasteiger partial charge in [-0.15, -0.1) is 0 Å². The van der Waals surface area contributed by atoms with Crippen LogP contribution in [-0.4, -0.2) is 17.1 Å². The van der Waals surface area contributed by atoms with Gasteiger partial charge in [0.1, 0.15) is 6.61 Å². The Morgan fingerprint density at radius 3 is 2.29 bits per heavy atom. The zero-order valence-electron chi connectivity index (χ0n) is 20.9. The predicted molar refractivity (Wildman–Crippen MR) is 137 cm³/mol. The standard InChI is InChI=1S/C28H35ClN2O4/c1-4-34-24-9-21(14-30-28-13-20-11-26(2,17-28)16-27(3,12-20)18-28)23(29)10-25(24)35-15-19-5-7-22(8-6-19)31(32)33/h5-10,20,30H,4,11-18H2,1-3H3. The van der Waals surface area contributed by atoms with Crippen molar-refractivity contribution in [1.29, 1.82) is 0 Å². The van der Waals surface area contributed by atoms with Gasteiger partial charge in [0.2, 0.25) is 0 Å². The Morgan fingerprint density at radius 1 is 1.03 bits per heavy atom. The molecule has 188 valence electrons. The molecule has 2 unspecified atom stereocenters. The zero-order chi connectivity index (χ0) is 24.8. The van der Waals surface area contributed by atoms with E-state index in [1.807, 2.05) is 19.1 Å². The van der Waals surface area contributed by atoms with E-state index in [1.54, 1.807) is 12.1 Å². The van der Waals surface area contributed by atoms with Gasteiger partial charge in [-0.25, -0.2) is 0 Å². The van der Waals surface area contributed by atoms with Crippen molar-refractivity contribution in [2.75, 3.05) is 6.61 Å². The van der Waals surface area contributed by atoms with Gasteiger partial charge in [-0.3, -0.25) is 10.1 Å². The molecule has 0 aliphatic heterocycles. The summed E-state index contributed by atoms with van der Waals surface area (Å²) in [5.41, 5.74) is 3.02. The second kappa shape index (κ2) is 8.97. The molecular weight excluding hydrogens is 464 g/mol. The Hall–Kier alpha value is -2.31. The average molecular weight is 499 g/mol. The first-order valence-corrected chi connectivity index (χ1v) is 13.0. The summed E-state index contributed by atoms with van der Waals surface area (Å²) in [4.78, 5) is 10.5. The summed E-state index contributed by atoms with van der Waals surface area (Å²) in [5, 5.41) is 15.5.